The van der Waals surface area contributed by atoms with Gasteiger partial charge in [0.25, 0.3) is 0 Å². The summed E-state index contributed by atoms with van der Waals surface area (Å²) in [5, 5.41) is 11.7. The minimum atomic E-state index is -1.08. The number of amides is 1. The molecule has 6 heteroatoms. The first-order chi connectivity index (χ1) is 9.65. The summed E-state index contributed by atoms with van der Waals surface area (Å²) in [7, 11) is 0. The molecule has 0 spiro atoms. The van der Waals surface area contributed by atoms with Crippen molar-refractivity contribution in [1.29, 1.82) is 0 Å². The van der Waals surface area contributed by atoms with Crippen molar-refractivity contribution in [3.63, 3.8) is 0 Å². The van der Waals surface area contributed by atoms with E-state index in [-0.39, 0.29) is 0 Å². The van der Waals surface area contributed by atoms with E-state index >= 15 is 0 Å². The van der Waals surface area contributed by atoms with Crippen molar-refractivity contribution in [1.82, 2.24) is 4.98 Å². The lowest BCUT2D eigenvalue weighted by atomic mass is 10.1. The van der Waals surface area contributed by atoms with Gasteiger partial charge >= 0.3 is 6.09 Å². The summed E-state index contributed by atoms with van der Waals surface area (Å²) in [4.78, 5) is 15.2. The molecule has 0 saturated carbocycles. The molecule has 2 N–H and O–H groups in total. The number of nitrogens with zero attached hydrogens (tertiary/aromatic N) is 1. The predicted octanol–water partition coefficient (Wildman–Crippen LogP) is 4.82. The number of carboxylic acid groups (broad SMARTS) is 1. The average Bonchev–Trinajstić information content (AvgIpc) is 2.75. The first-order valence-corrected chi connectivity index (χ1v) is 7.39. The second-order valence-corrected chi connectivity index (χ2v) is 5.96. The topological polar surface area (TPSA) is 62.2 Å². The third kappa shape index (κ3) is 2.39. The standard InChI is InChI=1S/C14H9BrN2O2S/c15-11-12-10(20-13(11)17-14(18)19)6-9(7-16-12)8-4-2-1-3-5-8/h1-7,17H,(H,18,19). The van der Waals surface area contributed by atoms with Gasteiger partial charge in [-0.25, -0.2) is 4.79 Å². The van der Waals surface area contributed by atoms with Crippen LogP contribution >= 0.6 is 27.3 Å². The molecule has 0 aliphatic heterocycles. The third-order valence-electron chi connectivity index (χ3n) is 2.80. The fourth-order valence-electron chi connectivity index (χ4n) is 1.92. The lowest BCUT2D eigenvalue weighted by Gasteiger charge is -2.00. The highest BCUT2D eigenvalue weighted by atomic mass is 79.9. The molecule has 0 fully saturated rings. The molecule has 1 aromatic carbocycles. The highest BCUT2D eigenvalue weighted by Gasteiger charge is 2.13. The van der Waals surface area contributed by atoms with Gasteiger partial charge in [0.05, 0.1) is 14.7 Å². The molecular weight excluding hydrogens is 340 g/mol. The number of hydrogen-bond donors (Lipinski definition) is 2. The van der Waals surface area contributed by atoms with Crippen molar-refractivity contribution >= 4 is 48.6 Å². The monoisotopic (exact) mass is 348 g/mol. The molecule has 0 aliphatic rings. The highest BCUT2D eigenvalue weighted by Crippen LogP contribution is 2.39. The molecule has 3 rings (SSSR count). The fraction of sp³-hybridized carbons (Fsp3) is 0. The van der Waals surface area contributed by atoms with E-state index in [9.17, 15) is 4.79 Å². The summed E-state index contributed by atoms with van der Waals surface area (Å²) < 4.78 is 1.61. The lowest BCUT2D eigenvalue weighted by molar-refractivity contribution is 0.210. The Labute approximate surface area is 127 Å². The summed E-state index contributed by atoms with van der Waals surface area (Å²) in [5.74, 6) is 0. The van der Waals surface area contributed by atoms with Crippen LogP contribution in [0.3, 0.4) is 0 Å². The molecule has 0 radical (unpaired) electrons. The van der Waals surface area contributed by atoms with Crippen LogP contribution in [0, 0.1) is 0 Å². The number of halogens is 1. The average molecular weight is 349 g/mol. The zero-order valence-corrected chi connectivity index (χ0v) is 12.5. The molecule has 0 aliphatic carbocycles. The van der Waals surface area contributed by atoms with Gasteiger partial charge in [0.2, 0.25) is 0 Å². The summed E-state index contributed by atoms with van der Waals surface area (Å²) >= 11 is 4.74. The minimum Gasteiger partial charge on any atom is -0.465 e. The van der Waals surface area contributed by atoms with Gasteiger partial charge in [-0.3, -0.25) is 10.3 Å². The van der Waals surface area contributed by atoms with E-state index in [2.05, 4.69) is 26.2 Å². The molecule has 0 bridgehead atoms. The van der Waals surface area contributed by atoms with Crippen molar-refractivity contribution in [3.05, 3.63) is 47.1 Å². The van der Waals surface area contributed by atoms with Gasteiger partial charge in [-0.2, -0.15) is 0 Å². The number of aromatic nitrogens is 1. The second-order valence-electron chi connectivity index (χ2n) is 4.11. The van der Waals surface area contributed by atoms with Crippen LogP contribution in [0.1, 0.15) is 0 Å². The molecule has 20 heavy (non-hydrogen) atoms. The molecule has 4 nitrogen and oxygen atoms in total. The predicted molar refractivity (Wildman–Crippen MR) is 84.4 cm³/mol. The van der Waals surface area contributed by atoms with Gasteiger partial charge in [-0.1, -0.05) is 30.3 Å². The quantitative estimate of drug-likeness (QED) is 0.698. The Morgan fingerprint density at radius 3 is 2.70 bits per heavy atom. The third-order valence-corrected chi connectivity index (χ3v) is 4.88. The van der Waals surface area contributed by atoms with Crippen LogP contribution in [0.25, 0.3) is 21.3 Å². The van der Waals surface area contributed by atoms with E-state index in [1.165, 1.54) is 11.3 Å². The van der Waals surface area contributed by atoms with E-state index in [0.717, 1.165) is 21.3 Å². The Bertz CT molecular complexity index is 786. The number of thiophene rings is 1. The van der Waals surface area contributed by atoms with Crippen LogP contribution in [0.5, 0.6) is 0 Å². The largest absolute Gasteiger partial charge is 0.465 e. The molecule has 0 atom stereocenters. The smallest absolute Gasteiger partial charge is 0.409 e. The SMILES string of the molecule is O=C(O)Nc1sc2cc(-c3ccccc3)cnc2c1Br. The number of anilines is 1. The van der Waals surface area contributed by atoms with Gasteiger partial charge < -0.3 is 5.11 Å². The number of fused-ring (bicyclic) bond motifs is 1. The second kappa shape index (κ2) is 5.22. The zero-order valence-electron chi connectivity index (χ0n) is 10.1. The Balaban J connectivity index is 2.10. The molecular formula is C14H9BrN2O2S. The van der Waals surface area contributed by atoms with Crippen LogP contribution in [-0.2, 0) is 0 Å². The molecule has 1 amide bonds. The lowest BCUT2D eigenvalue weighted by Crippen LogP contribution is -2.05. The number of carbonyl (C=O) groups is 1. The molecule has 0 saturated heterocycles. The molecule has 100 valence electrons. The van der Waals surface area contributed by atoms with Gasteiger partial charge in [0.15, 0.2) is 0 Å². The van der Waals surface area contributed by atoms with Gasteiger partial charge in [-0.15, -0.1) is 11.3 Å². The fourth-order valence-corrected chi connectivity index (χ4v) is 3.69. The summed E-state index contributed by atoms with van der Waals surface area (Å²) in [5.41, 5.74) is 2.85. The van der Waals surface area contributed by atoms with E-state index in [1.807, 2.05) is 36.4 Å². The van der Waals surface area contributed by atoms with Crippen molar-refractivity contribution in [2.75, 3.05) is 5.32 Å². The van der Waals surface area contributed by atoms with Crippen LogP contribution in [-0.4, -0.2) is 16.2 Å². The van der Waals surface area contributed by atoms with Crippen LogP contribution in [0.15, 0.2) is 47.1 Å². The first kappa shape index (κ1) is 13.1. The maximum Gasteiger partial charge on any atom is 0.409 e. The Hall–Kier alpha value is -1.92. The summed E-state index contributed by atoms with van der Waals surface area (Å²) in [6, 6.07) is 12.0. The minimum absolute atomic E-state index is 0.546. The van der Waals surface area contributed by atoms with Crippen molar-refractivity contribution in [2.45, 2.75) is 0 Å². The number of hydrogen-bond acceptors (Lipinski definition) is 3. The number of pyridine rings is 1. The molecule has 2 heterocycles. The van der Waals surface area contributed by atoms with Crippen LogP contribution < -0.4 is 5.32 Å². The van der Waals surface area contributed by atoms with E-state index in [1.54, 1.807) is 6.20 Å². The maximum atomic E-state index is 10.7. The number of benzene rings is 1. The van der Waals surface area contributed by atoms with Crippen molar-refractivity contribution < 1.29 is 9.90 Å². The first-order valence-electron chi connectivity index (χ1n) is 5.78. The van der Waals surface area contributed by atoms with E-state index in [4.69, 9.17) is 5.11 Å². The summed E-state index contributed by atoms with van der Waals surface area (Å²) in [6.07, 6.45) is 0.709. The molecule has 0 unspecified atom stereocenters. The van der Waals surface area contributed by atoms with Crippen LogP contribution in [0.4, 0.5) is 9.80 Å². The zero-order chi connectivity index (χ0) is 14.1. The van der Waals surface area contributed by atoms with Crippen molar-refractivity contribution in [2.24, 2.45) is 0 Å². The molecule has 2 aromatic heterocycles. The number of rotatable bonds is 2. The Morgan fingerprint density at radius 2 is 2.00 bits per heavy atom. The number of nitrogens with one attached hydrogen (secondary N) is 1. The summed E-state index contributed by atoms with van der Waals surface area (Å²) in [6.45, 7) is 0. The van der Waals surface area contributed by atoms with Gasteiger partial charge in [0.1, 0.15) is 5.00 Å². The Morgan fingerprint density at radius 1 is 1.25 bits per heavy atom. The normalized spacial score (nSPS) is 10.7. The van der Waals surface area contributed by atoms with E-state index in [0.29, 0.717) is 9.47 Å². The van der Waals surface area contributed by atoms with Gasteiger partial charge in [0, 0.05) is 11.8 Å². The van der Waals surface area contributed by atoms with Gasteiger partial charge in [-0.05, 0) is 27.6 Å². The highest BCUT2D eigenvalue weighted by molar-refractivity contribution is 9.10. The van der Waals surface area contributed by atoms with Crippen molar-refractivity contribution in [3.8, 4) is 11.1 Å². The molecule has 3 aromatic rings. The van der Waals surface area contributed by atoms with Crippen LogP contribution in [0.2, 0.25) is 0 Å². The Kier molecular flexibility index (Phi) is 3.42. The van der Waals surface area contributed by atoms with E-state index < -0.39 is 6.09 Å². The maximum absolute atomic E-state index is 10.7.